The molecule has 1 aliphatic heterocycles. The Morgan fingerprint density at radius 2 is 1.69 bits per heavy atom. The molecule has 8 nitrogen and oxygen atoms in total. The van der Waals surface area contributed by atoms with Gasteiger partial charge in [-0.2, -0.15) is 0 Å². The van der Waals surface area contributed by atoms with Crippen LogP contribution in [0.15, 0.2) is 36.4 Å². The molecule has 0 bridgehead atoms. The van der Waals surface area contributed by atoms with Crippen molar-refractivity contribution in [1.29, 1.82) is 0 Å². The minimum absolute atomic E-state index is 0.0247. The van der Waals surface area contributed by atoms with E-state index in [0.717, 1.165) is 17.4 Å². The molecule has 0 fully saturated rings. The van der Waals surface area contributed by atoms with Crippen LogP contribution in [0.3, 0.4) is 0 Å². The average Bonchev–Trinajstić information content (AvgIpc) is 2.71. The van der Waals surface area contributed by atoms with Gasteiger partial charge in [0.2, 0.25) is 5.91 Å². The van der Waals surface area contributed by atoms with Crippen LogP contribution < -0.4 is 5.32 Å². The molecule has 1 aliphatic rings. The summed E-state index contributed by atoms with van der Waals surface area (Å²) < 4.78 is 4.55. The molecule has 0 radical (unpaired) electrons. The molecular formula is C21H22N2O6. The molecule has 0 saturated heterocycles. The van der Waals surface area contributed by atoms with Crippen LogP contribution in [0.1, 0.15) is 40.5 Å². The van der Waals surface area contributed by atoms with Crippen LogP contribution in [0.25, 0.3) is 10.8 Å². The summed E-state index contributed by atoms with van der Waals surface area (Å²) in [5.41, 5.74) is 0.920. The van der Waals surface area contributed by atoms with Gasteiger partial charge in [0.25, 0.3) is 11.8 Å². The first-order valence-corrected chi connectivity index (χ1v) is 9.28. The molecular weight excluding hydrogens is 376 g/mol. The molecule has 152 valence electrons. The van der Waals surface area contributed by atoms with Gasteiger partial charge in [0.15, 0.2) is 6.04 Å². The number of nitrogens with zero attached hydrogens (tertiary/aromatic N) is 1. The SMILES string of the molecule is COC(=O)[C@H](NC(=O)CCCN1C(=O)c2cccc3cccc(c23)C1=O)[C@@H](C)O. The second-order valence-electron chi connectivity index (χ2n) is 6.88. The summed E-state index contributed by atoms with van der Waals surface area (Å²) in [5, 5.41) is 13.5. The predicted molar refractivity (Wildman–Crippen MR) is 104 cm³/mol. The second kappa shape index (κ2) is 8.40. The molecule has 0 unspecified atom stereocenters. The maximum atomic E-state index is 12.8. The third-order valence-corrected chi connectivity index (χ3v) is 4.90. The van der Waals surface area contributed by atoms with Crippen molar-refractivity contribution in [1.82, 2.24) is 10.2 Å². The summed E-state index contributed by atoms with van der Waals surface area (Å²) in [7, 11) is 1.16. The molecule has 2 atom stereocenters. The van der Waals surface area contributed by atoms with Gasteiger partial charge < -0.3 is 15.2 Å². The van der Waals surface area contributed by atoms with E-state index in [2.05, 4.69) is 10.1 Å². The summed E-state index contributed by atoms with van der Waals surface area (Å²) in [6.45, 7) is 1.43. The Kier molecular flexibility index (Phi) is 5.93. The van der Waals surface area contributed by atoms with Crippen molar-refractivity contribution in [3.8, 4) is 0 Å². The van der Waals surface area contributed by atoms with Crippen molar-refractivity contribution in [2.24, 2.45) is 0 Å². The van der Waals surface area contributed by atoms with Crippen molar-refractivity contribution in [2.75, 3.05) is 13.7 Å². The maximum Gasteiger partial charge on any atom is 0.331 e. The quantitative estimate of drug-likeness (QED) is 0.536. The highest BCUT2D eigenvalue weighted by Crippen LogP contribution is 2.30. The summed E-state index contributed by atoms with van der Waals surface area (Å²) >= 11 is 0. The molecule has 2 aromatic rings. The molecule has 0 saturated carbocycles. The first-order valence-electron chi connectivity index (χ1n) is 9.28. The van der Waals surface area contributed by atoms with Gasteiger partial charge in [0, 0.05) is 29.5 Å². The largest absolute Gasteiger partial charge is 0.467 e. The van der Waals surface area contributed by atoms with Crippen molar-refractivity contribution < 1.29 is 29.0 Å². The van der Waals surface area contributed by atoms with Gasteiger partial charge in [-0.15, -0.1) is 0 Å². The number of hydrogen-bond donors (Lipinski definition) is 2. The number of hydrogen-bond acceptors (Lipinski definition) is 6. The van der Waals surface area contributed by atoms with E-state index in [1.807, 2.05) is 12.1 Å². The molecule has 8 heteroatoms. The van der Waals surface area contributed by atoms with Gasteiger partial charge in [0.1, 0.15) is 0 Å². The zero-order valence-electron chi connectivity index (χ0n) is 16.2. The average molecular weight is 398 g/mol. The van der Waals surface area contributed by atoms with Crippen molar-refractivity contribution >= 4 is 34.5 Å². The highest BCUT2D eigenvalue weighted by atomic mass is 16.5. The monoisotopic (exact) mass is 398 g/mol. The highest BCUT2D eigenvalue weighted by Gasteiger charge is 2.32. The zero-order chi connectivity index (χ0) is 21.1. The number of aliphatic hydroxyl groups excluding tert-OH is 1. The van der Waals surface area contributed by atoms with Gasteiger partial charge >= 0.3 is 5.97 Å². The number of ether oxygens (including phenoxy) is 1. The Bertz CT molecular complexity index is 934. The Labute approximate surface area is 167 Å². The molecule has 29 heavy (non-hydrogen) atoms. The van der Waals surface area contributed by atoms with Crippen molar-refractivity contribution in [3.63, 3.8) is 0 Å². The van der Waals surface area contributed by atoms with Gasteiger partial charge in [0.05, 0.1) is 13.2 Å². The van der Waals surface area contributed by atoms with E-state index >= 15 is 0 Å². The lowest BCUT2D eigenvalue weighted by atomic mass is 9.94. The molecule has 3 amide bonds. The number of rotatable bonds is 7. The summed E-state index contributed by atoms with van der Waals surface area (Å²) in [5.74, 6) is -2.02. The van der Waals surface area contributed by atoms with E-state index in [0.29, 0.717) is 16.5 Å². The van der Waals surface area contributed by atoms with Gasteiger partial charge in [-0.1, -0.05) is 24.3 Å². The van der Waals surface area contributed by atoms with Crippen LogP contribution in [0, 0.1) is 0 Å². The standard InChI is InChI=1S/C21H22N2O6/c1-12(24)18(21(28)29-2)22-16(25)10-5-11-23-19(26)14-8-3-6-13-7-4-9-15(17(13)14)20(23)27/h3-4,6-9,12,18,24H,5,10-11H2,1-2H3,(H,22,25)/t12-,18-/m1/s1. The normalized spacial score (nSPS) is 15.2. The molecule has 0 aromatic heterocycles. The number of methoxy groups -OCH3 is 1. The lowest BCUT2D eigenvalue weighted by Gasteiger charge is -2.27. The lowest BCUT2D eigenvalue weighted by Crippen LogP contribution is -2.48. The van der Waals surface area contributed by atoms with Crippen LogP contribution in [0.2, 0.25) is 0 Å². The number of imide groups is 1. The van der Waals surface area contributed by atoms with Gasteiger partial charge in [-0.05, 0) is 30.9 Å². The minimum atomic E-state index is -1.17. The smallest absolute Gasteiger partial charge is 0.331 e. The third kappa shape index (κ3) is 3.97. The first kappa shape index (κ1) is 20.5. The fourth-order valence-electron chi connectivity index (χ4n) is 3.43. The molecule has 1 heterocycles. The fraction of sp³-hybridized carbons (Fsp3) is 0.333. The Morgan fingerprint density at radius 1 is 1.10 bits per heavy atom. The third-order valence-electron chi connectivity index (χ3n) is 4.90. The molecule has 3 rings (SSSR count). The number of esters is 1. The van der Waals surface area contributed by atoms with E-state index in [4.69, 9.17) is 0 Å². The van der Waals surface area contributed by atoms with Crippen molar-refractivity contribution in [3.05, 3.63) is 47.5 Å². The molecule has 2 aromatic carbocycles. The second-order valence-corrected chi connectivity index (χ2v) is 6.88. The molecule has 2 N–H and O–H groups in total. The van der Waals surface area contributed by atoms with Crippen LogP contribution in [-0.4, -0.2) is 59.5 Å². The summed E-state index contributed by atoms with van der Waals surface area (Å²) in [6, 6.07) is 9.43. The Morgan fingerprint density at radius 3 is 2.21 bits per heavy atom. The summed E-state index contributed by atoms with van der Waals surface area (Å²) in [4.78, 5) is 50.5. The molecule has 0 aliphatic carbocycles. The Hall–Kier alpha value is -3.26. The molecule has 0 spiro atoms. The van der Waals surface area contributed by atoms with Crippen LogP contribution >= 0.6 is 0 Å². The lowest BCUT2D eigenvalue weighted by molar-refractivity contribution is -0.148. The first-order chi connectivity index (χ1) is 13.8. The maximum absolute atomic E-state index is 12.8. The van der Waals surface area contributed by atoms with Gasteiger partial charge in [-0.3, -0.25) is 19.3 Å². The topological polar surface area (TPSA) is 113 Å². The van der Waals surface area contributed by atoms with E-state index in [-0.39, 0.29) is 19.4 Å². The van der Waals surface area contributed by atoms with Crippen LogP contribution in [0.4, 0.5) is 0 Å². The number of aliphatic hydroxyl groups is 1. The van der Waals surface area contributed by atoms with Gasteiger partial charge in [-0.25, -0.2) is 4.79 Å². The van der Waals surface area contributed by atoms with E-state index in [1.165, 1.54) is 6.92 Å². The Balaban J connectivity index is 1.66. The fourth-order valence-corrected chi connectivity index (χ4v) is 3.43. The highest BCUT2D eigenvalue weighted by molar-refractivity contribution is 6.25. The number of amides is 3. The zero-order valence-corrected chi connectivity index (χ0v) is 16.2. The number of nitrogens with one attached hydrogen (secondary N) is 1. The van der Waals surface area contributed by atoms with E-state index < -0.39 is 35.8 Å². The summed E-state index contributed by atoms with van der Waals surface area (Å²) in [6.07, 6.45) is -0.924. The van der Waals surface area contributed by atoms with E-state index in [1.54, 1.807) is 24.3 Å². The van der Waals surface area contributed by atoms with Crippen molar-refractivity contribution in [2.45, 2.75) is 31.9 Å². The van der Waals surface area contributed by atoms with Crippen LogP contribution in [-0.2, 0) is 14.3 Å². The number of carbonyl (C=O) groups is 4. The van der Waals surface area contributed by atoms with Crippen LogP contribution in [0.5, 0.6) is 0 Å². The number of benzene rings is 2. The van der Waals surface area contributed by atoms with E-state index in [9.17, 15) is 24.3 Å². The predicted octanol–water partition coefficient (Wildman–Crippen LogP) is 1.25. The number of carbonyl (C=O) groups excluding carboxylic acids is 4. The minimum Gasteiger partial charge on any atom is -0.467 e.